The number of carbonyl (C=O) groups excluding carboxylic acids is 1. The Kier molecular flexibility index (Phi) is 5.83. The molecule has 0 aliphatic rings. The van der Waals surface area contributed by atoms with Crippen LogP contribution in [-0.2, 0) is 4.79 Å². The summed E-state index contributed by atoms with van der Waals surface area (Å²) >= 11 is 13.2. The largest absolute Gasteiger partial charge is 0.323 e. The van der Waals surface area contributed by atoms with Gasteiger partial charge < -0.3 is 5.32 Å². The quantitative estimate of drug-likeness (QED) is 0.653. The molecule has 1 aromatic carbocycles. The third-order valence-corrected chi connectivity index (χ3v) is 4.45. The van der Waals surface area contributed by atoms with Gasteiger partial charge in [0.2, 0.25) is 5.91 Å². The Labute approximate surface area is 148 Å². The van der Waals surface area contributed by atoms with E-state index in [0.717, 1.165) is 0 Å². The van der Waals surface area contributed by atoms with Gasteiger partial charge in [-0.15, -0.1) is 0 Å². The van der Waals surface area contributed by atoms with Crippen molar-refractivity contribution >= 4 is 46.6 Å². The molecule has 1 aromatic heterocycles. The van der Waals surface area contributed by atoms with Gasteiger partial charge in [0.15, 0.2) is 0 Å². The summed E-state index contributed by atoms with van der Waals surface area (Å²) in [7, 11) is 0. The first-order valence-electron chi connectivity index (χ1n) is 6.54. The summed E-state index contributed by atoms with van der Waals surface area (Å²) in [4.78, 5) is 20.4. The van der Waals surface area contributed by atoms with E-state index in [1.165, 1.54) is 11.8 Å². The molecule has 0 aliphatic heterocycles. The summed E-state index contributed by atoms with van der Waals surface area (Å²) in [6.07, 6.45) is 0. The molecular weight excluding hydrogens is 355 g/mol. The monoisotopic (exact) mass is 366 g/mol. The van der Waals surface area contributed by atoms with E-state index >= 15 is 0 Å². The predicted octanol–water partition coefficient (Wildman–Crippen LogP) is 4.00. The van der Waals surface area contributed by atoms with Crippen LogP contribution in [0.15, 0.2) is 23.2 Å². The zero-order valence-electron chi connectivity index (χ0n) is 12.4. The van der Waals surface area contributed by atoms with Crippen LogP contribution in [0.4, 0.5) is 5.69 Å². The van der Waals surface area contributed by atoms with E-state index in [2.05, 4.69) is 21.4 Å². The van der Waals surface area contributed by atoms with Crippen LogP contribution in [0.3, 0.4) is 0 Å². The van der Waals surface area contributed by atoms with Gasteiger partial charge in [-0.3, -0.25) is 4.79 Å². The number of thioether (sulfide) groups is 1. The molecule has 1 N–H and O–H groups in total. The number of nitrogens with one attached hydrogen (secondary N) is 1. The highest BCUT2D eigenvalue weighted by molar-refractivity contribution is 8.00. The minimum atomic E-state index is -0.289. The highest BCUT2D eigenvalue weighted by Crippen LogP contribution is 2.30. The van der Waals surface area contributed by atoms with Gasteiger partial charge >= 0.3 is 0 Å². The minimum Gasteiger partial charge on any atom is -0.323 e. The summed E-state index contributed by atoms with van der Waals surface area (Å²) in [6, 6.07) is 7.04. The molecule has 5 nitrogen and oxygen atoms in total. The Bertz CT molecular complexity index is 785. The Hall–Kier alpha value is -1.81. The Morgan fingerprint density at radius 3 is 2.57 bits per heavy atom. The molecular formula is C15H12Cl2N4OS. The molecule has 0 aliphatic carbocycles. The second kappa shape index (κ2) is 7.64. The summed E-state index contributed by atoms with van der Waals surface area (Å²) < 4.78 is 0. The van der Waals surface area contributed by atoms with Crippen LogP contribution in [0.5, 0.6) is 0 Å². The number of halogens is 2. The number of nitriles is 1. The average Bonchev–Trinajstić information content (AvgIpc) is 2.48. The molecule has 118 valence electrons. The van der Waals surface area contributed by atoms with Gasteiger partial charge in [0.1, 0.15) is 22.5 Å². The maximum Gasteiger partial charge on any atom is 0.234 e. The summed E-state index contributed by atoms with van der Waals surface area (Å²) in [5, 5.41) is 13.1. The lowest BCUT2D eigenvalue weighted by Crippen LogP contribution is -2.15. The first kappa shape index (κ1) is 17.5. The van der Waals surface area contributed by atoms with Crippen molar-refractivity contribution in [3.8, 4) is 6.07 Å². The molecule has 0 unspecified atom stereocenters. The smallest absolute Gasteiger partial charge is 0.234 e. The number of para-hydroxylation sites is 1. The number of carbonyl (C=O) groups is 1. The van der Waals surface area contributed by atoms with E-state index < -0.39 is 0 Å². The van der Waals surface area contributed by atoms with E-state index in [9.17, 15) is 10.1 Å². The van der Waals surface area contributed by atoms with Crippen molar-refractivity contribution in [2.24, 2.45) is 0 Å². The van der Waals surface area contributed by atoms with Crippen molar-refractivity contribution < 1.29 is 4.79 Å². The molecule has 0 atom stereocenters. The summed E-state index contributed by atoms with van der Waals surface area (Å²) in [5.74, 6) is 0.341. The molecule has 8 heteroatoms. The van der Waals surface area contributed by atoms with Gasteiger partial charge in [-0.1, -0.05) is 41.0 Å². The fourth-order valence-corrected chi connectivity index (χ4v) is 3.21. The van der Waals surface area contributed by atoms with Gasteiger partial charge in [-0.05, 0) is 26.0 Å². The topological polar surface area (TPSA) is 78.7 Å². The number of rotatable bonds is 4. The van der Waals surface area contributed by atoms with Crippen LogP contribution >= 0.6 is 35.0 Å². The number of anilines is 1. The van der Waals surface area contributed by atoms with E-state index in [0.29, 0.717) is 37.8 Å². The third-order valence-electron chi connectivity index (χ3n) is 2.85. The fourth-order valence-electron chi connectivity index (χ4n) is 1.84. The maximum absolute atomic E-state index is 12.1. The lowest BCUT2D eigenvalue weighted by Gasteiger charge is -2.09. The van der Waals surface area contributed by atoms with E-state index in [1.807, 2.05) is 0 Å². The molecule has 0 spiro atoms. The first-order valence-corrected chi connectivity index (χ1v) is 8.28. The predicted molar refractivity (Wildman–Crippen MR) is 92.0 cm³/mol. The molecule has 1 heterocycles. The third kappa shape index (κ3) is 4.35. The molecule has 0 bridgehead atoms. The van der Waals surface area contributed by atoms with Gasteiger partial charge in [0.05, 0.1) is 27.2 Å². The Morgan fingerprint density at radius 2 is 1.96 bits per heavy atom. The molecule has 23 heavy (non-hydrogen) atoms. The van der Waals surface area contributed by atoms with Crippen molar-refractivity contribution in [3.63, 3.8) is 0 Å². The first-order chi connectivity index (χ1) is 10.9. The van der Waals surface area contributed by atoms with Crippen molar-refractivity contribution in [1.29, 1.82) is 5.26 Å². The van der Waals surface area contributed by atoms with E-state index in [1.54, 1.807) is 32.0 Å². The number of hydrogen-bond acceptors (Lipinski definition) is 5. The number of aryl methyl sites for hydroxylation is 2. The lowest BCUT2D eigenvalue weighted by molar-refractivity contribution is -0.113. The molecule has 2 rings (SSSR count). The van der Waals surface area contributed by atoms with Crippen LogP contribution in [0.1, 0.15) is 17.1 Å². The van der Waals surface area contributed by atoms with Crippen molar-refractivity contribution in [1.82, 2.24) is 9.97 Å². The molecule has 1 amide bonds. The van der Waals surface area contributed by atoms with Crippen LogP contribution in [-0.4, -0.2) is 21.6 Å². The number of amides is 1. The van der Waals surface area contributed by atoms with Crippen molar-refractivity contribution in [2.45, 2.75) is 18.9 Å². The van der Waals surface area contributed by atoms with Gasteiger partial charge in [-0.2, -0.15) is 5.26 Å². The number of hydrogen-bond donors (Lipinski definition) is 1. The normalized spacial score (nSPS) is 10.2. The number of nitrogens with zero attached hydrogens (tertiary/aromatic N) is 3. The zero-order valence-corrected chi connectivity index (χ0v) is 14.7. The second-order valence-electron chi connectivity index (χ2n) is 4.58. The molecule has 0 radical (unpaired) electrons. The van der Waals surface area contributed by atoms with Gasteiger partial charge in [0, 0.05) is 0 Å². The second-order valence-corrected chi connectivity index (χ2v) is 6.36. The molecule has 0 saturated heterocycles. The van der Waals surface area contributed by atoms with Crippen LogP contribution < -0.4 is 5.32 Å². The lowest BCUT2D eigenvalue weighted by atomic mass is 10.3. The summed E-state index contributed by atoms with van der Waals surface area (Å²) in [6.45, 7) is 3.47. The highest BCUT2D eigenvalue weighted by atomic mass is 35.5. The fraction of sp³-hybridized carbons (Fsp3) is 0.200. The van der Waals surface area contributed by atoms with Crippen LogP contribution in [0.25, 0.3) is 0 Å². The van der Waals surface area contributed by atoms with Gasteiger partial charge in [0.25, 0.3) is 0 Å². The number of aromatic nitrogens is 2. The van der Waals surface area contributed by atoms with E-state index in [4.69, 9.17) is 23.2 Å². The molecule has 0 fully saturated rings. The summed E-state index contributed by atoms with van der Waals surface area (Å²) in [5.41, 5.74) is 1.35. The van der Waals surface area contributed by atoms with Crippen LogP contribution in [0.2, 0.25) is 10.0 Å². The average molecular weight is 367 g/mol. The number of benzene rings is 1. The van der Waals surface area contributed by atoms with E-state index in [-0.39, 0.29) is 11.7 Å². The minimum absolute atomic E-state index is 0.0755. The zero-order chi connectivity index (χ0) is 17.0. The van der Waals surface area contributed by atoms with Crippen molar-refractivity contribution in [2.75, 3.05) is 11.1 Å². The van der Waals surface area contributed by atoms with Crippen molar-refractivity contribution in [3.05, 3.63) is 45.3 Å². The Morgan fingerprint density at radius 1 is 1.30 bits per heavy atom. The highest BCUT2D eigenvalue weighted by Gasteiger charge is 2.14. The molecule has 2 aromatic rings. The Balaban J connectivity index is 2.10. The SMILES string of the molecule is Cc1nc(C)c(C#N)c(SCC(=O)Nc2c(Cl)cccc2Cl)n1. The van der Waals surface area contributed by atoms with Crippen LogP contribution in [0, 0.1) is 25.2 Å². The maximum atomic E-state index is 12.1. The molecule has 0 saturated carbocycles. The standard InChI is InChI=1S/C15H12Cl2N4OS/c1-8-10(6-18)15(20-9(2)19-8)23-7-13(22)21-14-11(16)4-3-5-12(14)17/h3-5H,7H2,1-2H3,(H,21,22). The van der Waals surface area contributed by atoms with Gasteiger partial charge in [-0.25, -0.2) is 9.97 Å².